The van der Waals surface area contributed by atoms with Gasteiger partial charge in [0.15, 0.2) is 0 Å². The number of halogens is 2. The predicted octanol–water partition coefficient (Wildman–Crippen LogP) is 2.52. The molecular formula is C7H5ClFN. The molecule has 1 heterocycles. The van der Waals surface area contributed by atoms with E-state index in [1.807, 2.05) is 0 Å². The zero-order chi connectivity index (χ0) is 7.56. The molecule has 0 aromatic carbocycles. The van der Waals surface area contributed by atoms with E-state index in [0.29, 0.717) is 10.6 Å². The first kappa shape index (κ1) is 7.22. The lowest BCUT2D eigenvalue weighted by atomic mass is 10.3. The number of rotatable bonds is 1. The van der Waals surface area contributed by atoms with Crippen LogP contribution < -0.4 is 0 Å². The molecule has 1 aromatic heterocycles. The Kier molecular flexibility index (Phi) is 2.02. The highest BCUT2D eigenvalue weighted by Crippen LogP contribution is 2.15. The highest BCUT2D eigenvalue weighted by molar-refractivity contribution is 6.31. The number of nitrogens with zero attached hydrogens (tertiary/aromatic N) is 1. The first-order valence-corrected chi connectivity index (χ1v) is 3.05. The van der Waals surface area contributed by atoms with Gasteiger partial charge in [-0.2, -0.15) is 4.39 Å². The second kappa shape index (κ2) is 2.80. The molecule has 1 nitrogen and oxygen atoms in total. The summed E-state index contributed by atoms with van der Waals surface area (Å²) in [7, 11) is 0. The van der Waals surface area contributed by atoms with Crippen LogP contribution in [-0.4, -0.2) is 4.98 Å². The Morgan fingerprint density at radius 2 is 2.40 bits per heavy atom. The van der Waals surface area contributed by atoms with E-state index < -0.39 is 5.95 Å². The van der Waals surface area contributed by atoms with Crippen LogP contribution in [0.2, 0.25) is 5.02 Å². The zero-order valence-corrected chi connectivity index (χ0v) is 5.90. The summed E-state index contributed by atoms with van der Waals surface area (Å²) in [5.41, 5.74) is 0.564. The average Bonchev–Trinajstić information content (AvgIpc) is 1.94. The van der Waals surface area contributed by atoms with Gasteiger partial charge in [-0.1, -0.05) is 24.3 Å². The smallest absolute Gasteiger partial charge is 0.213 e. The van der Waals surface area contributed by atoms with E-state index in [9.17, 15) is 4.39 Å². The average molecular weight is 158 g/mol. The van der Waals surface area contributed by atoms with Crippen molar-refractivity contribution in [2.45, 2.75) is 0 Å². The van der Waals surface area contributed by atoms with Gasteiger partial charge in [-0.15, -0.1) is 0 Å². The van der Waals surface area contributed by atoms with Gasteiger partial charge in [0.1, 0.15) is 0 Å². The lowest BCUT2D eigenvalue weighted by Gasteiger charge is -1.94. The summed E-state index contributed by atoms with van der Waals surface area (Å²) in [6, 6.07) is 1.23. The van der Waals surface area contributed by atoms with Crippen molar-refractivity contribution in [2.24, 2.45) is 0 Å². The maximum Gasteiger partial charge on any atom is 0.213 e. The van der Waals surface area contributed by atoms with Gasteiger partial charge in [0.2, 0.25) is 5.95 Å². The third-order valence-corrected chi connectivity index (χ3v) is 1.39. The molecule has 0 N–H and O–H groups in total. The minimum atomic E-state index is -0.542. The van der Waals surface area contributed by atoms with Crippen LogP contribution in [0.25, 0.3) is 6.08 Å². The Morgan fingerprint density at radius 3 is 2.90 bits per heavy atom. The van der Waals surface area contributed by atoms with Gasteiger partial charge < -0.3 is 0 Å². The Labute approximate surface area is 63.2 Å². The van der Waals surface area contributed by atoms with Crippen molar-refractivity contribution in [1.82, 2.24) is 4.98 Å². The summed E-state index contributed by atoms with van der Waals surface area (Å²) in [6.07, 6.45) is 2.74. The van der Waals surface area contributed by atoms with Crippen LogP contribution in [0.4, 0.5) is 4.39 Å². The van der Waals surface area contributed by atoms with Crippen molar-refractivity contribution in [1.29, 1.82) is 0 Å². The van der Waals surface area contributed by atoms with Gasteiger partial charge in [0, 0.05) is 12.3 Å². The summed E-state index contributed by atoms with van der Waals surface area (Å²) in [4.78, 5) is 3.34. The lowest BCUT2D eigenvalue weighted by Crippen LogP contribution is -1.83. The van der Waals surface area contributed by atoms with Crippen LogP contribution in [0.15, 0.2) is 18.8 Å². The molecule has 52 valence electrons. The van der Waals surface area contributed by atoms with E-state index in [2.05, 4.69) is 11.6 Å². The van der Waals surface area contributed by atoms with E-state index in [4.69, 9.17) is 11.6 Å². The fourth-order valence-electron chi connectivity index (χ4n) is 0.584. The van der Waals surface area contributed by atoms with Gasteiger partial charge in [-0.25, -0.2) is 4.98 Å². The standard InChI is InChI=1S/C7H5ClFN/c1-2-5-3-7(9)10-4-6(5)8/h2-4H,1H2. The quantitative estimate of drug-likeness (QED) is 0.571. The molecule has 0 aliphatic heterocycles. The number of aromatic nitrogens is 1. The molecule has 0 amide bonds. The van der Waals surface area contributed by atoms with Crippen molar-refractivity contribution in [3.8, 4) is 0 Å². The Bertz CT molecular complexity index is 260. The molecule has 0 radical (unpaired) electrons. The van der Waals surface area contributed by atoms with Crippen molar-refractivity contribution in [2.75, 3.05) is 0 Å². The van der Waals surface area contributed by atoms with Crippen LogP contribution in [0.3, 0.4) is 0 Å². The predicted molar refractivity (Wildman–Crippen MR) is 39.3 cm³/mol. The van der Waals surface area contributed by atoms with Gasteiger partial charge in [0.25, 0.3) is 0 Å². The molecule has 0 aliphatic carbocycles. The summed E-state index contributed by atoms with van der Waals surface area (Å²) in [5, 5.41) is 0.413. The molecule has 10 heavy (non-hydrogen) atoms. The van der Waals surface area contributed by atoms with Gasteiger partial charge >= 0.3 is 0 Å². The SMILES string of the molecule is C=Cc1cc(F)ncc1Cl. The van der Waals surface area contributed by atoms with Crippen LogP contribution >= 0.6 is 11.6 Å². The van der Waals surface area contributed by atoms with Crippen molar-refractivity contribution >= 4 is 17.7 Å². The second-order valence-electron chi connectivity index (χ2n) is 1.73. The second-order valence-corrected chi connectivity index (χ2v) is 2.14. The van der Waals surface area contributed by atoms with Crippen molar-refractivity contribution < 1.29 is 4.39 Å². The number of hydrogen-bond donors (Lipinski definition) is 0. The highest BCUT2D eigenvalue weighted by Gasteiger charge is 1.97. The molecule has 3 heteroatoms. The van der Waals surface area contributed by atoms with E-state index in [-0.39, 0.29) is 0 Å². The minimum absolute atomic E-state index is 0.413. The number of hydrogen-bond acceptors (Lipinski definition) is 1. The molecular weight excluding hydrogens is 153 g/mol. The first-order chi connectivity index (χ1) is 4.74. The third kappa shape index (κ3) is 1.33. The topological polar surface area (TPSA) is 12.9 Å². The fraction of sp³-hybridized carbons (Fsp3) is 0. The van der Waals surface area contributed by atoms with Crippen LogP contribution in [0.5, 0.6) is 0 Å². The molecule has 0 unspecified atom stereocenters. The first-order valence-electron chi connectivity index (χ1n) is 2.67. The lowest BCUT2D eigenvalue weighted by molar-refractivity contribution is 0.583. The van der Waals surface area contributed by atoms with E-state index in [1.165, 1.54) is 18.3 Å². The molecule has 0 atom stereocenters. The molecule has 0 bridgehead atoms. The molecule has 0 saturated carbocycles. The minimum Gasteiger partial charge on any atom is -0.227 e. The monoisotopic (exact) mass is 157 g/mol. The Balaban J connectivity index is 3.21. The van der Waals surface area contributed by atoms with Crippen LogP contribution in [0.1, 0.15) is 5.56 Å². The van der Waals surface area contributed by atoms with Crippen LogP contribution in [0, 0.1) is 5.95 Å². The molecule has 0 fully saturated rings. The summed E-state index contributed by atoms with van der Waals surface area (Å²) in [5.74, 6) is -0.542. The summed E-state index contributed by atoms with van der Waals surface area (Å²) in [6.45, 7) is 3.45. The summed E-state index contributed by atoms with van der Waals surface area (Å²) >= 11 is 5.60. The largest absolute Gasteiger partial charge is 0.227 e. The Hall–Kier alpha value is -0.890. The van der Waals surface area contributed by atoms with Crippen molar-refractivity contribution in [3.05, 3.63) is 35.4 Å². The van der Waals surface area contributed by atoms with Gasteiger partial charge in [0.05, 0.1) is 5.02 Å². The fourth-order valence-corrected chi connectivity index (χ4v) is 0.764. The zero-order valence-electron chi connectivity index (χ0n) is 5.14. The normalized spacial score (nSPS) is 9.40. The number of pyridine rings is 1. The maximum absolute atomic E-state index is 12.3. The van der Waals surface area contributed by atoms with Crippen molar-refractivity contribution in [3.63, 3.8) is 0 Å². The molecule has 1 rings (SSSR count). The third-order valence-electron chi connectivity index (χ3n) is 1.07. The van der Waals surface area contributed by atoms with E-state index in [0.717, 1.165) is 0 Å². The molecule has 1 aromatic rings. The molecule has 0 saturated heterocycles. The summed E-state index contributed by atoms with van der Waals surface area (Å²) < 4.78 is 12.3. The maximum atomic E-state index is 12.3. The van der Waals surface area contributed by atoms with Gasteiger partial charge in [-0.05, 0) is 5.56 Å². The Morgan fingerprint density at radius 1 is 1.70 bits per heavy atom. The van der Waals surface area contributed by atoms with E-state index in [1.54, 1.807) is 0 Å². The molecule has 0 aliphatic rings. The van der Waals surface area contributed by atoms with Gasteiger partial charge in [-0.3, -0.25) is 0 Å². The van der Waals surface area contributed by atoms with Crippen LogP contribution in [-0.2, 0) is 0 Å². The highest BCUT2D eigenvalue weighted by atomic mass is 35.5. The molecule has 0 spiro atoms. The van der Waals surface area contributed by atoms with E-state index >= 15 is 0 Å².